The van der Waals surface area contributed by atoms with Crippen LogP contribution < -0.4 is 11.4 Å². The van der Waals surface area contributed by atoms with Crippen molar-refractivity contribution >= 4 is 11.3 Å². The fourth-order valence-electron chi connectivity index (χ4n) is 3.01. The van der Waals surface area contributed by atoms with Crippen LogP contribution in [0.25, 0.3) is 21.7 Å². The molecule has 154 valence electrons. The summed E-state index contributed by atoms with van der Waals surface area (Å²) in [7, 11) is 0. The number of rotatable bonds is 7. The van der Waals surface area contributed by atoms with Crippen LogP contribution in [0.5, 0.6) is 0 Å². The lowest BCUT2D eigenvalue weighted by Gasteiger charge is -2.02. The highest BCUT2D eigenvalue weighted by molar-refractivity contribution is 7.15. The average Bonchev–Trinajstić information content (AvgIpc) is 3.50. The van der Waals surface area contributed by atoms with Crippen molar-refractivity contribution in [3.05, 3.63) is 82.0 Å². The Morgan fingerprint density at radius 3 is 2.73 bits per heavy atom. The zero-order valence-electron chi connectivity index (χ0n) is 15.8. The molecule has 0 aliphatic carbocycles. The van der Waals surface area contributed by atoms with E-state index in [1.54, 1.807) is 17.5 Å². The van der Waals surface area contributed by atoms with Gasteiger partial charge in [0.05, 0.1) is 18.8 Å². The topological polar surface area (TPSA) is 94.5 Å². The minimum Gasteiger partial charge on any atom is -0.327 e. The molecule has 3 N–H and O–H groups in total. The fraction of sp³-hybridized carbons (Fsp3) is 0.150. The molecule has 3 aromatic heterocycles. The quantitative estimate of drug-likeness (QED) is 0.472. The molecule has 0 unspecified atom stereocenters. The lowest BCUT2D eigenvalue weighted by Crippen LogP contribution is -2.27. The summed E-state index contributed by atoms with van der Waals surface area (Å²) in [5.41, 5.74) is 7.46. The van der Waals surface area contributed by atoms with E-state index in [0.717, 1.165) is 31.3 Å². The molecule has 0 bridgehead atoms. The van der Waals surface area contributed by atoms with Gasteiger partial charge in [-0.2, -0.15) is 19.0 Å². The van der Waals surface area contributed by atoms with Gasteiger partial charge >= 0.3 is 5.69 Å². The number of aromatic amines is 1. The monoisotopic (exact) mass is 428 g/mol. The first-order valence-electron chi connectivity index (χ1n) is 9.10. The van der Waals surface area contributed by atoms with Crippen molar-refractivity contribution in [2.75, 3.05) is 6.54 Å². The summed E-state index contributed by atoms with van der Waals surface area (Å²) in [4.78, 5) is 14.4. The van der Waals surface area contributed by atoms with Crippen molar-refractivity contribution < 1.29 is 8.78 Å². The fourth-order valence-corrected chi connectivity index (χ4v) is 4.01. The van der Waals surface area contributed by atoms with Gasteiger partial charge in [-0.3, -0.25) is 9.67 Å². The van der Waals surface area contributed by atoms with Crippen LogP contribution in [0, 0.1) is 0 Å². The number of thiophene rings is 1. The largest absolute Gasteiger partial charge is 0.346 e. The lowest BCUT2D eigenvalue weighted by atomic mass is 10.1. The molecule has 0 aliphatic rings. The summed E-state index contributed by atoms with van der Waals surface area (Å²) >= 11 is 1.55. The predicted octanol–water partition coefficient (Wildman–Crippen LogP) is 3.32. The Balaban J connectivity index is 1.53. The molecule has 0 amide bonds. The number of halogens is 2. The van der Waals surface area contributed by atoms with Crippen molar-refractivity contribution in [1.82, 2.24) is 24.5 Å². The molecule has 0 saturated heterocycles. The second kappa shape index (κ2) is 8.56. The maximum Gasteiger partial charge on any atom is 0.346 e. The molecule has 0 radical (unpaired) electrons. The summed E-state index contributed by atoms with van der Waals surface area (Å²) in [6.45, 7) is -0.337. The number of hydrogen-bond acceptors (Lipinski definition) is 5. The van der Waals surface area contributed by atoms with Crippen LogP contribution in [0.3, 0.4) is 0 Å². The van der Waals surface area contributed by atoms with E-state index in [2.05, 4.69) is 21.4 Å². The summed E-state index contributed by atoms with van der Waals surface area (Å²) in [6, 6.07) is 13.9. The first-order valence-corrected chi connectivity index (χ1v) is 9.91. The number of benzene rings is 1. The average molecular weight is 428 g/mol. The smallest absolute Gasteiger partial charge is 0.327 e. The molecule has 7 nitrogen and oxygen atoms in total. The van der Waals surface area contributed by atoms with Crippen LogP contribution in [0.15, 0.2) is 71.4 Å². The van der Waals surface area contributed by atoms with Crippen LogP contribution >= 0.6 is 11.3 Å². The predicted molar refractivity (Wildman–Crippen MR) is 111 cm³/mol. The number of aromatic nitrogens is 5. The molecule has 4 rings (SSSR count). The molecule has 0 aliphatic heterocycles. The summed E-state index contributed by atoms with van der Waals surface area (Å²) < 4.78 is 28.0. The third-order valence-electron chi connectivity index (χ3n) is 4.58. The van der Waals surface area contributed by atoms with E-state index in [4.69, 9.17) is 5.73 Å². The Labute approximate surface area is 174 Å². The highest BCUT2D eigenvalue weighted by Gasteiger charge is 2.12. The molecular formula is C20H18F2N6OS. The normalized spacial score (nSPS) is 11.0. The second-order valence-electron chi connectivity index (χ2n) is 6.57. The van der Waals surface area contributed by atoms with Gasteiger partial charge < -0.3 is 5.73 Å². The molecular weight excluding hydrogens is 410 g/mol. The third-order valence-corrected chi connectivity index (χ3v) is 5.70. The van der Waals surface area contributed by atoms with E-state index >= 15 is 0 Å². The molecule has 0 spiro atoms. The zero-order chi connectivity index (χ0) is 21.1. The van der Waals surface area contributed by atoms with Gasteiger partial charge in [0.15, 0.2) is 0 Å². The van der Waals surface area contributed by atoms with Gasteiger partial charge in [-0.25, -0.2) is 9.48 Å². The maximum absolute atomic E-state index is 12.8. The highest BCUT2D eigenvalue weighted by Crippen LogP contribution is 2.31. The minimum absolute atomic E-state index is 0.308. The van der Waals surface area contributed by atoms with Gasteiger partial charge in [-0.1, -0.05) is 18.2 Å². The first kappa shape index (κ1) is 19.9. The summed E-state index contributed by atoms with van der Waals surface area (Å²) in [5, 5.41) is 10.9. The molecule has 0 atom stereocenters. The van der Waals surface area contributed by atoms with E-state index in [0.29, 0.717) is 6.54 Å². The van der Waals surface area contributed by atoms with Gasteiger partial charge in [0.2, 0.25) is 0 Å². The SMILES string of the molecule is NCC(Cn1ncn(Cc2ccc(-c3cccc(-c4cc[nH]n4)c3)s2)c1=O)=C(F)F. The highest BCUT2D eigenvalue weighted by atomic mass is 32.1. The van der Waals surface area contributed by atoms with Crippen molar-refractivity contribution in [3.63, 3.8) is 0 Å². The van der Waals surface area contributed by atoms with Crippen LogP contribution in [0.4, 0.5) is 8.78 Å². The Bertz CT molecular complexity index is 1230. The van der Waals surface area contributed by atoms with Crippen molar-refractivity contribution in [2.45, 2.75) is 13.1 Å². The van der Waals surface area contributed by atoms with E-state index in [1.807, 2.05) is 36.4 Å². The van der Waals surface area contributed by atoms with Crippen molar-refractivity contribution in [2.24, 2.45) is 5.73 Å². The summed E-state index contributed by atoms with van der Waals surface area (Å²) in [6.07, 6.45) is 1.25. The molecule has 0 fully saturated rings. The van der Waals surface area contributed by atoms with Crippen LogP contribution in [0.2, 0.25) is 0 Å². The Morgan fingerprint density at radius 2 is 2.00 bits per heavy atom. The van der Waals surface area contributed by atoms with Gasteiger partial charge in [0, 0.05) is 33.6 Å². The summed E-state index contributed by atoms with van der Waals surface area (Å²) in [5.74, 6) is 0. The number of nitrogens with two attached hydrogens (primary N) is 1. The number of hydrogen-bond donors (Lipinski definition) is 2. The van der Waals surface area contributed by atoms with Gasteiger partial charge in [0.25, 0.3) is 6.08 Å². The molecule has 1 aromatic carbocycles. The van der Waals surface area contributed by atoms with Crippen LogP contribution in [0.1, 0.15) is 4.88 Å². The minimum atomic E-state index is -1.88. The Hall–Kier alpha value is -3.37. The Kier molecular flexibility index (Phi) is 5.68. The van der Waals surface area contributed by atoms with Gasteiger partial charge in [0.1, 0.15) is 6.33 Å². The van der Waals surface area contributed by atoms with Gasteiger partial charge in [-0.15, -0.1) is 11.3 Å². The zero-order valence-corrected chi connectivity index (χ0v) is 16.6. The number of nitrogens with zero attached hydrogens (tertiary/aromatic N) is 4. The van der Waals surface area contributed by atoms with E-state index in [-0.39, 0.29) is 18.7 Å². The standard InChI is InChI=1S/C20H18F2N6OS/c21-19(22)15(9-23)10-28-20(29)27(12-25-28)11-16-4-5-18(30-16)14-3-1-2-13(8-14)17-6-7-24-26-17/h1-8,12H,9-11,23H2,(H,24,26). The molecule has 4 aromatic rings. The molecule has 30 heavy (non-hydrogen) atoms. The maximum atomic E-state index is 12.8. The molecule has 0 saturated carbocycles. The van der Waals surface area contributed by atoms with Crippen LogP contribution in [-0.2, 0) is 13.1 Å². The van der Waals surface area contributed by atoms with Crippen molar-refractivity contribution in [3.8, 4) is 21.7 Å². The second-order valence-corrected chi connectivity index (χ2v) is 7.74. The van der Waals surface area contributed by atoms with Crippen LogP contribution in [-0.4, -0.2) is 31.1 Å². The van der Waals surface area contributed by atoms with Crippen molar-refractivity contribution in [1.29, 1.82) is 0 Å². The first-order chi connectivity index (χ1) is 14.5. The van der Waals surface area contributed by atoms with E-state index < -0.39 is 11.8 Å². The third kappa shape index (κ3) is 4.14. The number of nitrogens with one attached hydrogen (secondary N) is 1. The lowest BCUT2D eigenvalue weighted by molar-refractivity contribution is 0.400. The van der Waals surface area contributed by atoms with E-state index in [1.165, 1.54) is 10.9 Å². The molecule has 3 heterocycles. The van der Waals surface area contributed by atoms with E-state index in [9.17, 15) is 13.6 Å². The van der Waals surface area contributed by atoms with Gasteiger partial charge in [-0.05, 0) is 29.8 Å². The number of H-pyrrole nitrogens is 1. The molecule has 10 heteroatoms. The Morgan fingerprint density at radius 1 is 1.17 bits per heavy atom.